The molecule has 80 valence electrons. The van der Waals surface area contributed by atoms with Crippen LogP contribution in [0.2, 0.25) is 0 Å². The Bertz CT molecular complexity index is 353. The summed E-state index contributed by atoms with van der Waals surface area (Å²) in [4.78, 5) is 0. The van der Waals surface area contributed by atoms with Gasteiger partial charge in [0.15, 0.2) is 0 Å². The van der Waals surface area contributed by atoms with E-state index in [2.05, 4.69) is 45.1 Å². The van der Waals surface area contributed by atoms with Crippen LogP contribution in [0.4, 0.5) is 0 Å². The first-order valence-electron chi connectivity index (χ1n) is 5.19. The van der Waals surface area contributed by atoms with E-state index in [9.17, 15) is 0 Å². The molecular weight excluding hydrogens is 182 g/mol. The topological polar surface area (TPSA) is 26.0 Å². The van der Waals surface area contributed by atoms with Crippen molar-refractivity contribution in [1.29, 1.82) is 0 Å². The van der Waals surface area contributed by atoms with Gasteiger partial charge in [0.25, 0.3) is 0 Å². The van der Waals surface area contributed by atoms with Crippen molar-refractivity contribution in [1.82, 2.24) is 0 Å². The van der Waals surface area contributed by atoms with E-state index in [-0.39, 0.29) is 5.41 Å². The van der Waals surface area contributed by atoms with Gasteiger partial charge < -0.3 is 5.73 Å². The molecule has 0 aromatic heterocycles. The molecule has 0 fully saturated rings. The van der Waals surface area contributed by atoms with Crippen molar-refractivity contribution in [3.8, 4) is 0 Å². The van der Waals surface area contributed by atoms with Gasteiger partial charge in [0, 0.05) is 0 Å². The van der Waals surface area contributed by atoms with Crippen molar-refractivity contribution in [2.24, 2.45) is 11.1 Å². The van der Waals surface area contributed by atoms with Gasteiger partial charge in [0.1, 0.15) is 0 Å². The molecule has 0 aliphatic carbocycles. The van der Waals surface area contributed by atoms with Crippen molar-refractivity contribution in [2.75, 3.05) is 0 Å². The van der Waals surface area contributed by atoms with E-state index in [0.717, 1.165) is 5.57 Å². The highest BCUT2D eigenvalue weighted by Gasteiger charge is 2.13. The molecule has 0 atom stereocenters. The average molecular weight is 201 g/mol. The molecule has 1 heteroatoms. The Morgan fingerprint density at radius 1 is 1.13 bits per heavy atom. The molecule has 0 unspecified atom stereocenters. The summed E-state index contributed by atoms with van der Waals surface area (Å²) in [5.41, 5.74) is 8.05. The smallest absolute Gasteiger partial charge is 0.00243 e. The van der Waals surface area contributed by atoms with Gasteiger partial charge in [-0.1, -0.05) is 63.3 Å². The third kappa shape index (κ3) is 3.62. The number of allylic oxidation sites excluding steroid dienone is 2. The average Bonchev–Trinajstić information content (AvgIpc) is 2.18. The Hall–Kier alpha value is -1.50. The van der Waals surface area contributed by atoms with E-state index in [0.29, 0.717) is 0 Å². The van der Waals surface area contributed by atoms with E-state index in [1.807, 2.05) is 18.2 Å². The van der Waals surface area contributed by atoms with Crippen molar-refractivity contribution in [3.05, 3.63) is 53.7 Å². The molecule has 0 saturated carbocycles. The van der Waals surface area contributed by atoms with Crippen LogP contribution < -0.4 is 5.73 Å². The highest BCUT2D eigenvalue weighted by atomic mass is 14.5. The molecule has 1 aromatic carbocycles. The van der Waals surface area contributed by atoms with E-state index < -0.39 is 0 Å². The Kier molecular flexibility index (Phi) is 3.73. The Balaban J connectivity index is 2.82. The molecule has 0 radical (unpaired) electrons. The zero-order chi connectivity index (χ0) is 11.3. The molecule has 0 bridgehead atoms. The Morgan fingerprint density at radius 3 is 2.20 bits per heavy atom. The lowest BCUT2D eigenvalue weighted by Crippen LogP contribution is -2.09. The van der Waals surface area contributed by atoms with Crippen LogP contribution in [-0.2, 0) is 0 Å². The molecule has 2 N–H and O–H groups in total. The number of rotatable bonds is 2. The van der Waals surface area contributed by atoms with Crippen LogP contribution >= 0.6 is 0 Å². The fourth-order valence-corrected chi connectivity index (χ4v) is 1.31. The van der Waals surface area contributed by atoms with Crippen molar-refractivity contribution >= 4 is 6.08 Å². The van der Waals surface area contributed by atoms with Crippen molar-refractivity contribution < 1.29 is 0 Å². The molecule has 0 amide bonds. The summed E-state index contributed by atoms with van der Waals surface area (Å²) in [5.74, 6) is 0. The van der Waals surface area contributed by atoms with Crippen LogP contribution in [0.5, 0.6) is 0 Å². The molecule has 0 aliphatic heterocycles. The summed E-state index contributed by atoms with van der Waals surface area (Å²) in [5, 5.41) is 0. The summed E-state index contributed by atoms with van der Waals surface area (Å²) in [6.45, 7) is 6.46. The molecular formula is C14H19N. The Labute approximate surface area is 92.3 Å². The number of hydrogen-bond acceptors (Lipinski definition) is 1. The van der Waals surface area contributed by atoms with Crippen LogP contribution in [-0.4, -0.2) is 0 Å². The lowest BCUT2D eigenvalue weighted by molar-refractivity contribution is 0.516. The molecule has 0 heterocycles. The van der Waals surface area contributed by atoms with Crippen LogP contribution in [0.1, 0.15) is 26.3 Å². The fourth-order valence-electron chi connectivity index (χ4n) is 1.31. The lowest BCUT2D eigenvalue weighted by Gasteiger charge is -2.19. The number of hydrogen-bond donors (Lipinski definition) is 1. The first-order chi connectivity index (χ1) is 7.04. The monoisotopic (exact) mass is 201 g/mol. The summed E-state index contributed by atoms with van der Waals surface area (Å²) in [6.07, 6.45) is 5.85. The van der Waals surface area contributed by atoms with E-state index in [1.165, 1.54) is 5.56 Å². The Morgan fingerprint density at radius 2 is 1.73 bits per heavy atom. The quantitative estimate of drug-likeness (QED) is 0.727. The standard InChI is InChI=1S/C14H19N/c1-14(2,3)13(11-15)10-9-12-7-5-4-6-8-12/h4-11H,15H2,1-3H3/b10-9+,13-11+. The summed E-state index contributed by atoms with van der Waals surface area (Å²) in [7, 11) is 0. The molecule has 0 aliphatic rings. The maximum absolute atomic E-state index is 5.61. The van der Waals surface area contributed by atoms with Crippen LogP contribution in [0.3, 0.4) is 0 Å². The lowest BCUT2D eigenvalue weighted by atomic mass is 9.86. The van der Waals surface area contributed by atoms with Gasteiger partial charge in [-0.3, -0.25) is 0 Å². The highest BCUT2D eigenvalue weighted by Crippen LogP contribution is 2.25. The fraction of sp³-hybridized carbons (Fsp3) is 0.286. The molecule has 0 saturated heterocycles. The normalized spacial score (nSPS) is 13.4. The van der Waals surface area contributed by atoms with Crippen LogP contribution in [0.25, 0.3) is 6.08 Å². The third-order valence-electron chi connectivity index (χ3n) is 2.30. The maximum Gasteiger partial charge on any atom is -0.00243 e. The zero-order valence-electron chi connectivity index (χ0n) is 9.70. The SMILES string of the molecule is CC(C)(C)C(/C=C/c1ccccc1)=C/N. The first-order valence-corrected chi connectivity index (χ1v) is 5.19. The number of nitrogens with two attached hydrogens (primary N) is 1. The van der Waals surface area contributed by atoms with Gasteiger partial charge in [-0.25, -0.2) is 0 Å². The number of benzene rings is 1. The molecule has 0 spiro atoms. The van der Waals surface area contributed by atoms with Crippen LogP contribution in [0, 0.1) is 5.41 Å². The summed E-state index contributed by atoms with van der Waals surface area (Å²) >= 11 is 0. The van der Waals surface area contributed by atoms with Gasteiger partial charge in [0.05, 0.1) is 0 Å². The minimum absolute atomic E-state index is 0.0973. The first kappa shape index (κ1) is 11.6. The van der Waals surface area contributed by atoms with Gasteiger partial charge >= 0.3 is 0 Å². The third-order valence-corrected chi connectivity index (χ3v) is 2.30. The molecule has 1 rings (SSSR count). The van der Waals surface area contributed by atoms with Gasteiger partial charge in [-0.15, -0.1) is 0 Å². The zero-order valence-corrected chi connectivity index (χ0v) is 9.70. The van der Waals surface area contributed by atoms with E-state index >= 15 is 0 Å². The predicted molar refractivity (Wildman–Crippen MR) is 67.2 cm³/mol. The van der Waals surface area contributed by atoms with Crippen LogP contribution in [0.15, 0.2) is 48.2 Å². The largest absolute Gasteiger partial charge is 0.404 e. The molecule has 1 aromatic rings. The molecule has 1 nitrogen and oxygen atoms in total. The maximum atomic E-state index is 5.61. The summed E-state index contributed by atoms with van der Waals surface area (Å²) in [6, 6.07) is 10.2. The van der Waals surface area contributed by atoms with E-state index in [4.69, 9.17) is 5.73 Å². The second-order valence-corrected chi connectivity index (χ2v) is 4.62. The van der Waals surface area contributed by atoms with Gasteiger partial charge in [-0.2, -0.15) is 0 Å². The second-order valence-electron chi connectivity index (χ2n) is 4.62. The van der Waals surface area contributed by atoms with Gasteiger partial charge in [-0.05, 0) is 22.8 Å². The second kappa shape index (κ2) is 4.83. The minimum Gasteiger partial charge on any atom is -0.404 e. The van der Waals surface area contributed by atoms with Crippen molar-refractivity contribution in [3.63, 3.8) is 0 Å². The van der Waals surface area contributed by atoms with E-state index in [1.54, 1.807) is 6.20 Å². The minimum atomic E-state index is 0.0973. The molecule has 15 heavy (non-hydrogen) atoms. The van der Waals surface area contributed by atoms with Gasteiger partial charge in [0.2, 0.25) is 0 Å². The predicted octanol–water partition coefficient (Wildman–Crippen LogP) is 3.59. The summed E-state index contributed by atoms with van der Waals surface area (Å²) < 4.78 is 0. The van der Waals surface area contributed by atoms with Crippen molar-refractivity contribution in [2.45, 2.75) is 20.8 Å². The highest BCUT2D eigenvalue weighted by molar-refractivity contribution is 5.53.